The van der Waals surface area contributed by atoms with Crippen LogP contribution in [0, 0.1) is 6.92 Å². The molecule has 1 N–H and O–H groups in total. The van der Waals surface area contributed by atoms with Crippen LogP contribution in [0.15, 0.2) is 53.1 Å². The molecule has 0 radical (unpaired) electrons. The Balaban J connectivity index is 1.77. The number of ether oxygens (including phenoxy) is 1. The third-order valence-corrected chi connectivity index (χ3v) is 4.79. The van der Waals surface area contributed by atoms with Gasteiger partial charge in [-0.3, -0.25) is 9.48 Å². The number of carbonyl (C=O) groups is 1. The topological polar surface area (TPSA) is 56.1 Å². The quantitative estimate of drug-likeness (QED) is 0.620. The Morgan fingerprint density at radius 3 is 2.69 bits per heavy atom. The van der Waals surface area contributed by atoms with E-state index < -0.39 is 0 Å². The fraction of sp³-hybridized carbons (Fsp3) is 0.158. The second-order valence-electron chi connectivity index (χ2n) is 5.74. The van der Waals surface area contributed by atoms with Crippen molar-refractivity contribution in [3.8, 4) is 5.75 Å². The maximum Gasteiger partial charge on any atom is 0.257 e. The van der Waals surface area contributed by atoms with Crippen LogP contribution in [-0.4, -0.2) is 22.8 Å². The lowest BCUT2D eigenvalue weighted by Gasteiger charge is -2.09. The van der Waals surface area contributed by atoms with Crippen LogP contribution in [0.5, 0.6) is 5.75 Å². The molecule has 1 aromatic heterocycles. The molecule has 0 spiro atoms. The van der Waals surface area contributed by atoms with E-state index in [-0.39, 0.29) is 5.91 Å². The number of carbonyl (C=O) groups excluding carboxylic acids is 1. The van der Waals surface area contributed by atoms with Crippen LogP contribution in [0.2, 0.25) is 5.02 Å². The van der Waals surface area contributed by atoms with E-state index in [9.17, 15) is 4.79 Å². The van der Waals surface area contributed by atoms with Gasteiger partial charge in [-0.25, -0.2) is 0 Å². The van der Waals surface area contributed by atoms with Gasteiger partial charge >= 0.3 is 0 Å². The van der Waals surface area contributed by atoms with Gasteiger partial charge in [-0.1, -0.05) is 29.8 Å². The SMILES string of the molecule is COc1cccc(C(=O)Nc2nn(Cc3ccc(Cl)cc3)cc2Br)c1C. The Labute approximate surface area is 165 Å². The maximum absolute atomic E-state index is 12.6. The highest BCUT2D eigenvalue weighted by Gasteiger charge is 2.15. The number of benzene rings is 2. The Hall–Kier alpha value is -2.31. The Bertz CT molecular complexity index is 938. The zero-order valence-corrected chi connectivity index (χ0v) is 16.6. The molecule has 2 aromatic carbocycles. The van der Waals surface area contributed by atoms with E-state index in [0.29, 0.717) is 33.2 Å². The Kier molecular flexibility index (Phi) is 5.64. The predicted octanol–water partition coefficient (Wildman–Crippen LogP) is 4.92. The predicted molar refractivity (Wildman–Crippen MR) is 106 cm³/mol. The van der Waals surface area contributed by atoms with E-state index in [4.69, 9.17) is 16.3 Å². The monoisotopic (exact) mass is 433 g/mol. The highest BCUT2D eigenvalue weighted by atomic mass is 79.9. The summed E-state index contributed by atoms with van der Waals surface area (Å²) in [7, 11) is 1.58. The lowest BCUT2D eigenvalue weighted by molar-refractivity contribution is 0.102. The first-order valence-corrected chi connectivity index (χ1v) is 9.07. The normalized spacial score (nSPS) is 10.6. The number of methoxy groups -OCH3 is 1. The van der Waals surface area contributed by atoms with E-state index >= 15 is 0 Å². The molecule has 0 fully saturated rings. The summed E-state index contributed by atoms with van der Waals surface area (Å²) < 4.78 is 7.73. The smallest absolute Gasteiger partial charge is 0.257 e. The molecule has 1 heterocycles. The summed E-state index contributed by atoms with van der Waals surface area (Å²) >= 11 is 9.35. The van der Waals surface area contributed by atoms with Gasteiger partial charge < -0.3 is 10.1 Å². The third-order valence-electron chi connectivity index (χ3n) is 3.96. The number of hydrogen-bond donors (Lipinski definition) is 1. The minimum absolute atomic E-state index is 0.237. The maximum atomic E-state index is 12.6. The summed E-state index contributed by atoms with van der Waals surface area (Å²) in [4.78, 5) is 12.6. The van der Waals surface area contributed by atoms with E-state index in [1.165, 1.54) is 0 Å². The lowest BCUT2D eigenvalue weighted by atomic mass is 10.1. The summed E-state index contributed by atoms with van der Waals surface area (Å²) in [5, 5.41) is 7.97. The molecule has 134 valence electrons. The second-order valence-corrected chi connectivity index (χ2v) is 7.03. The molecule has 5 nitrogen and oxygen atoms in total. The highest BCUT2D eigenvalue weighted by Crippen LogP contribution is 2.25. The minimum Gasteiger partial charge on any atom is -0.496 e. The van der Waals surface area contributed by atoms with Crippen molar-refractivity contribution in [1.29, 1.82) is 0 Å². The first-order chi connectivity index (χ1) is 12.5. The largest absolute Gasteiger partial charge is 0.496 e. The van der Waals surface area contributed by atoms with Crippen LogP contribution >= 0.6 is 27.5 Å². The molecule has 0 aliphatic rings. The number of amides is 1. The Morgan fingerprint density at radius 2 is 2.00 bits per heavy atom. The molecule has 0 unspecified atom stereocenters. The molecule has 0 bridgehead atoms. The van der Waals surface area contributed by atoms with E-state index in [0.717, 1.165) is 11.1 Å². The van der Waals surface area contributed by atoms with Gasteiger partial charge in [-0.2, -0.15) is 5.10 Å². The summed E-state index contributed by atoms with van der Waals surface area (Å²) in [6.45, 7) is 2.42. The first kappa shape index (κ1) is 18.5. The molecule has 1 amide bonds. The molecule has 0 saturated heterocycles. The number of rotatable bonds is 5. The van der Waals surface area contributed by atoms with Gasteiger partial charge in [0, 0.05) is 22.3 Å². The van der Waals surface area contributed by atoms with Crippen molar-refractivity contribution in [1.82, 2.24) is 9.78 Å². The molecule has 0 atom stereocenters. The molecule has 0 aliphatic heterocycles. The van der Waals surface area contributed by atoms with Gasteiger partial charge in [0.1, 0.15) is 5.75 Å². The van der Waals surface area contributed by atoms with Crippen LogP contribution in [0.1, 0.15) is 21.5 Å². The average Bonchev–Trinajstić information content (AvgIpc) is 2.96. The highest BCUT2D eigenvalue weighted by molar-refractivity contribution is 9.10. The van der Waals surface area contributed by atoms with Crippen LogP contribution in [0.25, 0.3) is 0 Å². The molecule has 3 aromatic rings. The molecule has 26 heavy (non-hydrogen) atoms. The van der Waals surface area contributed by atoms with Crippen molar-refractivity contribution in [2.75, 3.05) is 12.4 Å². The molecule has 0 saturated carbocycles. The van der Waals surface area contributed by atoms with Crippen LogP contribution in [0.4, 0.5) is 5.82 Å². The van der Waals surface area contributed by atoms with Gasteiger partial charge in [0.15, 0.2) is 5.82 Å². The fourth-order valence-electron chi connectivity index (χ4n) is 2.60. The number of halogens is 2. The Morgan fingerprint density at radius 1 is 1.27 bits per heavy atom. The van der Waals surface area contributed by atoms with Gasteiger partial charge in [0.25, 0.3) is 5.91 Å². The van der Waals surface area contributed by atoms with Crippen molar-refractivity contribution in [2.24, 2.45) is 0 Å². The summed E-state index contributed by atoms with van der Waals surface area (Å²) in [6, 6.07) is 12.9. The first-order valence-electron chi connectivity index (χ1n) is 7.90. The zero-order chi connectivity index (χ0) is 18.7. The van der Waals surface area contributed by atoms with E-state index in [1.54, 1.807) is 23.9 Å². The fourth-order valence-corrected chi connectivity index (χ4v) is 3.14. The lowest BCUT2D eigenvalue weighted by Crippen LogP contribution is -2.15. The van der Waals surface area contributed by atoms with E-state index in [2.05, 4.69) is 26.3 Å². The molecule has 0 aliphatic carbocycles. The number of nitrogens with one attached hydrogen (secondary N) is 1. The number of aromatic nitrogens is 2. The van der Waals surface area contributed by atoms with Gasteiger partial charge in [0.05, 0.1) is 18.1 Å². The van der Waals surface area contributed by atoms with Gasteiger partial charge in [0.2, 0.25) is 0 Å². The van der Waals surface area contributed by atoms with E-state index in [1.807, 2.05) is 43.5 Å². The van der Waals surface area contributed by atoms with Crippen LogP contribution in [-0.2, 0) is 6.54 Å². The van der Waals surface area contributed by atoms with Crippen molar-refractivity contribution < 1.29 is 9.53 Å². The van der Waals surface area contributed by atoms with Crippen molar-refractivity contribution in [3.05, 3.63) is 74.8 Å². The van der Waals surface area contributed by atoms with Gasteiger partial charge in [-0.15, -0.1) is 0 Å². The average molecular weight is 435 g/mol. The number of nitrogens with zero attached hydrogens (tertiary/aromatic N) is 2. The molecular weight excluding hydrogens is 418 g/mol. The summed E-state index contributed by atoms with van der Waals surface area (Å²) in [6.07, 6.45) is 1.82. The molecular formula is C19H17BrClN3O2. The standard InChI is InChI=1S/C19H17BrClN3O2/c1-12-15(4-3-5-17(12)26-2)19(25)22-18-16(20)11-24(23-18)10-13-6-8-14(21)9-7-13/h3-9,11H,10H2,1-2H3,(H,22,23,25). The number of anilines is 1. The van der Waals surface area contributed by atoms with Crippen LogP contribution in [0.3, 0.4) is 0 Å². The van der Waals surface area contributed by atoms with Crippen LogP contribution < -0.4 is 10.1 Å². The zero-order valence-electron chi connectivity index (χ0n) is 14.3. The second kappa shape index (κ2) is 7.93. The minimum atomic E-state index is -0.237. The summed E-state index contributed by atoms with van der Waals surface area (Å²) in [5.41, 5.74) is 2.39. The van der Waals surface area contributed by atoms with Crippen molar-refractivity contribution in [3.63, 3.8) is 0 Å². The van der Waals surface area contributed by atoms with Crippen molar-refractivity contribution in [2.45, 2.75) is 13.5 Å². The molecule has 3 rings (SSSR count). The van der Waals surface area contributed by atoms with Gasteiger partial charge in [-0.05, 0) is 52.7 Å². The van der Waals surface area contributed by atoms with Crippen molar-refractivity contribution >= 4 is 39.3 Å². The molecule has 7 heteroatoms. The third kappa shape index (κ3) is 4.08. The number of hydrogen-bond acceptors (Lipinski definition) is 3. The summed E-state index contributed by atoms with van der Waals surface area (Å²) in [5.74, 6) is 0.898.